The van der Waals surface area contributed by atoms with Crippen molar-refractivity contribution in [2.75, 3.05) is 14.2 Å². The molecule has 1 heterocycles. The monoisotopic (exact) mass is 473 g/mol. The van der Waals surface area contributed by atoms with Crippen molar-refractivity contribution in [3.05, 3.63) is 66.2 Å². The SMILES string of the molecule is COP(=O)(OC)C1C(=O)C[C@@H](c2ccccc2)N(C(=O)Oc2ccccc2)[C@@H]1CCCC=O. The van der Waals surface area contributed by atoms with Gasteiger partial charge in [-0.3, -0.25) is 14.3 Å². The number of hydrogen-bond donors (Lipinski definition) is 0. The Morgan fingerprint density at radius 2 is 1.67 bits per heavy atom. The zero-order valence-electron chi connectivity index (χ0n) is 18.7. The summed E-state index contributed by atoms with van der Waals surface area (Å²) in [6, 6.07) is 16.3. The van der Waals surface area contributed by atoms with Crippen LogP contribution in [0, 0.1) is 0 Å². The molecule has 0 aliphatic carbocycles. The molecular weight excluding hydrogens is 445 g/mol. The zero-order chi connectivity index (χ0) is 23.8. The lowest BCUT2D eigenvalue weighted by atomic mass is 9.87. The average Bonchev–Trinajstić information content (AvgIpc) is 2.84. The molecule has 1 unspecified atom stereocenters. The summed E-state index contributed by atoms with van der Waals surface area (Å²) in [5.74, 6) is 0.0202. The standard InChI is InChI=1S/C24H28NO7P/c1-30-33(29,31-2)23-20(15-9-10-16-26)25(24(28)32-19-13-7-4-8-14-19)21(17-22(23)27)18-11-5-3-6-12-18/h3-8,11-14,16,20-21,23H,9-10,15,17H2,1-2H3/t20-,21+,23?/m1/s1. The van der Waals surface area contributed by atoms with Crippen LogP contribution in [0.5, 0.6) is 5.75 Å². The highest BCUT2D eigenvalue weighted by molar-refractivity contribution is 7.55. The molecule has 1 saturated heterocycles. The summed E-state index contributed by atoms with van der Waals surface area (Å²) < 4.78 is 29.4. The number of hydrogen-bond acceptors (Lipinski definition) is 7. The van der Waals surface area contributed by atoms with Crippen molar-refractivity contribution in [1.82, 2.24) is 4.90 Å². The third-order valence-corrected chi connectivity index (χ3v) is 8.13. The van der Waals surface area contributed by atoms with E-state index in [0.29, 0.717) is 12.2 Å². The van der Waals surface area contributed by atoms with Gasteiger partial charge in [0.2, 0.25) is 0 Å². The minimum absolute atomic E-state index is 0.0700. The van der Waals surface area contributed by atoms with Crippen molar-refractivity contribution in [3.63, 3.8) is 0 Å². The van der Waals surface area contributed by atoms with Gasteiger partial charge in [0.1, 0.15) is 17.7 Å². The summed E-state index contributed by atoms with van der Waals surface area (Å²) in [6.45, 7) is 0. The first-order valence-corrected chi connectivity index (χ1v) is 12.3. The fraction of sp³-hybridized carbons (Fsp3) is 0.375. The molecule has 3 rings (SSSR count). The number of para-hydroxylation sites is 1. The molecule has 176 valence electrons. The number of rotatable bonds is 9. The van der Waals surface area contributed by atoms with E-state index < -0.39 is 31.4 Å². The molecule has 8 nitrogen and oxygen atoms in total. The Bertz CT molecular complexity index is 990. The number of ketones is 1. The number of piperidine rings is 1. The van der Waals surface area contributed by atoms with Gasteiger partial charge in [0, 0.05) is 27.1 Å². The number of unbranched alkanes of at least 4 members (excludes halogenated alkanes) is 1. The number of carbonyl (C=O) groups is 3. The van der Waals surface area contributed by atoms with Crippen LogP contribution in [0.25, 0.3) is 0 Å². The molecule has 1 aliphatic rings. The topological polar surface area (TPSA) is 99.2 Å². The maximum absolute atomic E-state index is 13.5. The Morgan fingerprint density at radius 3 is 2.24 bits per heavy atom. The second kappa shape index (κ2) is 11.4. The molecule has 0 saturated carbocycles. The molecule has 3 atom stereocenters. The number of Topliss-reactive ketones (excluding diaryl/α,β-unsaturated/α-hetero) is 1. The minimum atomic E-state index is -3.88. The molecule has 1 fully saturated rings. The summed E-state index contributed by atoms with van der Waals surface area (Å²) in [4.78, 5) is 39.3. The molecule has 0 spiro atoms. The van der Waals surface area contributed by atoms with Gasteiger partial charge in [0.25, 0.3) is 0 Å². The van der Waals surface area contributed by atoms with E-state index in [2.05, 4.69) is 0 Å². The van der Waals surface area contributed by atoms with Crippen LogP contribution in [0.4, 0.5) is 4.79 Å². The lowest BCUT2D eigenvalue weighted by Gasteiger charge is -2.45. The summed E-state index contributed by atoms with van der Waals surface area (Å²) in [7, 11) is -1.45. The average molecular weight is 473 g/mol. The van der Waals surface area contributed by atoms with Crippen LogP contribution in [0.1, 0.15) is 37.3 Å². The largest absolute Gasteiger partial charge is 0.416 e. The first-order valence-electron chi connectivity index (χ1n) is 10.7. The van der Waals surface area contributed by atoms with Crippen LogP contribution in [0.2, 0.25) is 0 Å². The number of likely N-dealkylation sites (tertiary alicyclic amines) is 1. The van der Waals surface area contributed by atoms with E-state index in [1.54, 1.807) is 30.3 Å². The Kier molecular flexibility index (Phi) is 8.55. The van der Waals surface area contributed by atoms with Crippen LogP contribution in [-0.2, 0) is 23.2 Å². The molecule has 0 radical (unpaired) electrons. The summed E-state index contributed by atoms with van der Waals surface area (Å²) >= 11 is 0. The second-order valence-corrected chi connectivity index (χ2v) is 10.1. The predicted octanol–water partition coefficient (Wildman–Crippen LogP) is 4.79. The molecule has 33 heavy (non-hydrogen) atoms. The van der Waals surface area contributed by atoms with E-state index >= 15 is 0 Å². The van der Waals surface area contributed by atoms with Crippen molar-refractivity contribution in [2.24, 2.45) is 0 Å². The number of ether oxygens (including phenoxy) is 1. The molecule has 1 aliphatic heterocycles. The summed E-state index contributed by atoms with van der Waals surface area (Å²) in [5, 5.41) is 0. The highest BCUT2D eigenvalue weighted by Crippen LogP contribution is 2.57. The van der Waals surface area contributed by atoms with E-state index in [1.165, 1.54) is 19.1 Å². The Balaban J connectivity index is 2.08. The van der Waals surface area contributed by atoms with E-state index in [0.717, 1.165) is 11.8 Å². The van der Waals surface area contributed by atoms with E-state index in [1.807, 2.05) is 30.3 Å². The highest BCUT2D eigenvalue weighted by Gasteiger charge is 2.54. The Morgan fingerprint density at radius 1 is 1.06 bits per heavy atom. The smallest absolute Gasteiger partial charge is 0.410 e. The lowest BCUT2D eigenvalue weighted by Crippen LogP contribution is -2.57. The van der Waals surface area contributed by atoms with Gasteiger partial charge in [-0.2, -0.15) is 0 Å². The first kappa shape index (κ1) is 24.8. The summed E-state index contributed by atoms with van der Waals surface area (Å²) in [6.07, 6.45) is 0.898. The van der Waals surface area contributed by atoms with Crippen LogP contribution < -0.4 is 4.74 Å². The van der Waals surface area contributed by atoms with Crippen molar-refractivity contribution >= 4 is 25.8 Å². The normalized spacial score (nSPS) is 21.0. The Hall–Kier alpha value is -2.80. The van der Waals surface area contributed by atoms with Gasteiger partial charge in [0.15, 0.2) is 5.78 Å². The molecule has 0 N–H and O–H groups in total. The van der Waals surface area contributed by atoms with Gasteiger partial charge in [0.05, 0.1) is 12.1 Å². The van der Waals surface area contributed by atoms with E-state index in [4.69, 9.17) is 13.8 Å². The van der Waals surface area contributed by atoms with Crippen molar-refractivity contribution in [3.8, 4) is 5.75 Å². The molecule has 0 bridgehead atoms. The maximum atomic E-state index is 13.5. The van der Waals surface area contributed by atoms with Gasteiger partial charge in [-0.1, -0.05) is 48.5 Å². The van der Waals surface area contributed by atoms with Crippen LogP contribution in [0.3, 0.4) is 0 Å². The second-order valence-electron chi connectivity index (χ2n) is 7.70. The molecule has 2 aromatic rings. The van der Waals surface area contributed by atoms with Crippen LogP contribution >= 0.6 is 7.60 Å². The van der Waals surface area contributed by atoms with E-state index in [9.17, 15) is 18.9 Å². The fourth-order valence-corrected chi connectivity index (χ4v) is 6.04. The number of nitrogens with zero attached hydrogens (tertiary/aromatic N) is 1. The van der Waals surface area contributed by atoms with Crippen molar-refractivity contribution in [2.45, 2.75) is 43.4 Å². The molecule has 0 aromatic heterocycles. The van der Waals surface area contributed by atoms with Crippen molar-refractivity contribution in [1.29, 1.82) is 0 Å². The third-order valence-electron chi connectivity index (χ3n) is 5.80. The molecule has 1 amide bonds. The van der Waals surface area contributed by atoms with Gasteiger partial charge >= 0.3 is 13.7 Å². The quantitative estimate of drug-likeness (QED) is 0.293. The number of aldehydes is 1. The van der Waals surface area contributed by atoms with Crippen molar-refractivity contribution < 1.29 is 32.7 Å². The maximum Gasteiger partial charge on any atom is 0.416 e. The number of benzene rings is 2. The van der Waals surface area contributed by atoms with Gasteiger partial charge in [-0.15, -0.1) is 0 Å². The van der Waals surface area contributed by atoms with Crippen LogP contribution in [0.15, 0.2) is 60.7 Å². The third kappa shape index (κ3) is 5.58. The number of amides is 1. The van der Waals surface area contributed by atoms with Gasteiger partial charge in [-0.05, 0) is 30.5 Å². The zero-order valence-corrected chi connectivity index (χ0v) is 19.6. The van der Waals surface area contributed by atoms with Crippen LogP contribution in [-0.4, -0.2) is 49.0 Å². The number of carbonyl (C=O) groups excluding carboxylic acids is 3. The fourth-order valence-electron chi connectivity index (χ4n) is 4.26. The lowest BCUT2D eigenvalue weighted by molar-refractivity contribution is -0.124. The molecular formula is C24H28NO7P. The Labute approximate surface area is 193 Å². The molecule has 2 aromatic carbocycles. The summed E-state index contributed by atoms with van der Waals surface area (Å²) in [5.41, 5.74) is -0.443. The highest BCUT2D eigenvalue weighted by atomic mass is 31.2. The first-order chi connectivity index (χ1) is 15.9. The van der Waals surface area contributed by atoms with Gasteiger partial charge in [-0.25, -0.2) is 4.79 Å². The van der Waals surface area contributed by atoms with E-state index in [-0.39, 0.29) is 25.0 Å². The van der Waals surface area contributed by atoms with Gasteiger partial charge < -0.3 is 18.6 Å². The molecule has 9 heteroatoms. The predicted molar refractivity (Wildman–Crippen MR) is 122 cm³/mol. The minimum Gasteiger partial charge on any atom is -0.410 e.